The minimum atomic E-state index is -0.882. The van der Waals surface area contributed by atoms with Gasteiger partial charge in [-0.15, -0.1) is 0 Å². The second kappa shape index (κ2) is 8.24. The molecule has 27 heavy (non-hydrogen) atoms. The Balaban J connectivity index is 1.93. The lowest BCUT2D eigenvalue weighted by Crippen LogP contribution is -2.43. The second-order valence-electron chi connectivity index (χ2n) is 5.00. The van der Waals surface area contributed by atoms with Crippen molar-refractivity contribution in [3.05, 3.63) is 68.3 Å². The summed E-state index contributed by atoms with van der Waals surface area (Å²) in [5.74, 6) is -1.86. The van der Waals surface area contributed by atoms with Crippen molar-refractivity contribution >= 4 is 23.2 Å². The number of phenolic OH excluding ortho intramolecular Hbond substituents is 1. The van der Waals surface area contributed by atoms with Gasteiger partial charge in [-0.1, -0.05) is 0 Å². The summed E-state index contributed by atoms with van der Waals surface area (Å²) in [7, 11) is 0. The summed E-state index contributed by atoms with van der Waals surface area (Å²) in [6, 6.07) is 7.92. The Morgan fingerprint density at radius 2 is 1.67 bits per heavy atom. The number of hydrogen-bond acceptors (Lipinski definition) is 8. The number of amides is 2. The highest BCUT2D eigenvalue weighted by molar-refractivity contribution is 5.95. The molecule has 0 aliphatic carbocycles. The largest absolute Gasteiger partial charge is 0.508 e. The van der Waals surface area contributed by atoms with Crippen LogP contribution in [0.5, 0.6) is 11.5 Å². The molecule has 12 heteroatoms. The molecule has 0 fully saturated rings. The van der Waals surface area contributed by atoms with Gasteiger partial charge in [0.15, 0.2) is 12.4 Å². The molecule has 0 bridgehead atoms. The standard InChI is InChI=1S/C15H12N4O8/c20-11-4-1-9(2-5-11)15(22)17-16-14(21)8-27-13-6-3-10(18(23)24)7-12(13)19(25)26/h1-7,20H,8H2,(H,16,21)(H,17,22). The van der Waals surface area contributed by atoms with E-state index in [1.807, 2.05) is 5.43 Å². The zero-order valence-corrected chi connectivity index (χ0v) is 13.4. The fraction of sp³-hybridized carbons (Fsp3) is 0.0667. The van der Waals surface area contributed by atoms with Crippen LogP contribution >= 0.6 is 0 Å². The van der Waals surface area contributed by atoms with E-state index in [9.17, 15) is 29.8 Å². The van der Waals surface area contributed by atoms with Crippen LogP contribution in [0, 0.1) is 20.2 Å². The van der Waals surface area contributed by atoms with Crippen LogP contribution in [0.4, 0.5) is 11.4 Å². The molecule has 0 heterocycles. The van der Waals surface area contributed by atoms with Crippen molar-refractivity contribution in [1.29, 1.82) is 0 Å². The maximum Gasteiger partial charge on any atom is 0.317 e. The van der Waals surface area contributed by atoms with E-state index in [0.717, 1.165) is 12.1 Å². The smallest absolute Gasteiger partial charge is 0.317 e. The lowest BCUT2D eigenvalue weighted by atomic mass is 10.2. The van der Waals surface area contributed by atoms with Crippen LogP contribution < -0.4 is 15.6 Å². The summed E-state index contributed by atoms with van der Waals surface area (Å²) in [6.07, 6.45) is 0. The van der Waals surface area contributed by atoms with Crippen molar-refractivity contribution < 1.29 is 29.3 Å². The monoisotopic (exact) mass is 376 g/mol. The first kappa shape index (κ1) is 19.1. The highest BCUT2D eigenvalue weighted by Crippen LogP contribution is 2.30. The fourth-order valence-electron chi connectivity index (χ4n) is 1.87. The Bertz CT molecular complexity index is 897. The number of hydrazine groups is 1. The molecule has 0 aliphatic heterocycles. The third kappa shape index (κ3) is 5.12. The van der Waals surface area contributed by atoms with Gasteiger partial charge >= 0.3 is 5.69 Å². The molecule has 140 valence electrons. The van der Waals surface area contributed by atoms with Gasteiger partial charge in [0, 0.05) is 11.6 Å². The average molecular weight is 376 g/mol. The molecule has 2 aromatic rings. The van der Waals surface area contributed by atoms with Crippen molar-refractivity contribution in [1.82, 2.24) is 10.9 Å². The number of phenols is 1. The molecule has 0 saturated carbocycles. The van der Waals surface area contributed by atoms with Crippen LogP contribution in [0.2, 0.25) is 0 Å². The third-order valence-electron chi connectivity index (χ3n) is 3.15. The summed E-state index contributed by atoms with van der Waals surface area (Å²) >= 11 is 0. The molecular weight excluding hydrogens is 364 g/mol. The number of carbonyl (C=O) groups is 2. The first-order valence-electron chi connectivity index (χ1n) is 7.22. The van der Waals surface area contributed by atoms with Gasteiger partial charge < -0.3 is 9.84 Å². The average Bonchev–Trinajstić information content (AvgIpc) is 2.64. The van der Waals surface area contributed by atoms with E-state index in [1.54, 1.807) is 0 Å². The lowest BCUT2D eigenvalue weighted by Gasteiger charge is -2.09. The summed E-state index contributed by atoms with van der Waals surface area (Å²) in [6.45, 7) is -0.686. The minimum Gasteiger partial charge on any atom is -0.508 e. The number of nitro benzene ring substituents is 2. The van der Waals surface area contributed by atoms with E-state index >= 15 is 0 Å². The number of aromatic hydroxyl groups is 1. The quantitative estimate of drug-likeness (QED) is 0.495. The molecule has 0 spiro atoms. The van der Waals surface area contributed by atoms with Crippen LogP contribution in [0.1, 0.15) is 10.4 Å². The molecular formula is C15H12N4O8. The Labute approximate surface area is 150 Å². The van der Waals surface area contributed by atoms with E-state index in [2.05, 4.69) is 5.43 Å². The topological polar surface area (TPSA) is 174 Å². The van der Waals surface area contributed by atoms with Crippen LogP contribution in [-0.4, -0.2) is 33.4 Å². The van der Waals surface area contributed by atoms with Gasteiger partial charge in [0.2, 0.25) is 0 Å². The summed E-state index contributed by atoms with van der Waals surface area (Å²) in [5, 5.41) is 30.8. The van der Waals surface area contributed by atoms with Gasteiger partial charge in [-0.25, -0.2) is 0 Å². The Morgan fingerprint density at radius 3 is 2.26 bits per heavy atom. The molecule has 0 unspecified atom stereocenters. The Morgan fingerprint density at radius 1 is 1.00 bits per heavy atom. The first-order chi connectivity index (χ1) is 12.8. The van der Waals surface area contributed by atoms with E-state index in [-0.39, 0.29) is 17.1 Å². The molecule has 3 N–H and O–H groups in total. The fourth-order valence-corrected chi connectivity index (χ4v) is 1.87. The van der Waals surface area contributed by atoms with Crippen molar-refractivity contribution in [2.75, 3.05) is 6.61 Å². The predicted octanol–water partition coefficient (Wildman–Crippen LogP) is 1.05. The van der Waals surface area contributed by atoms with Crippen LogP contribution in [0.3, 0.4) is 0 Å². The molecule has 2 amide bonds. The molecule has 12 nitrogen and oxygen atoms in total. The third-order valence-corrected chi connectivity index (χ3v) is 3.15. The minimum absolute atomic E-state index is 0.0336. The number of nitrogens with one attached hydrogen (secondary N) is 2. The summed E-state index contributed by atoms with van der Waals surface area (Å²) < 4.78 is 4.99. The lowest BCUT2D eigenvalue weighted by molar-refractivity contribution is -0.394. The normalized spacial score (nSPS) is 9.93. The molecule has 0 saturated heterocycles. The number of carbonyl (C=O) groups excluding carboxylic acids is 2. The van der Waals surface area contributed by atoms with Gasteiger partial charge in [-0.3, -0.25) is 40.7 Å². The van der Waals surface area contributed by atoms with Gasteiger partial charge in [0.1, 0.15) is 5.75 Å². The van der Waals surface area contributed by atoms with E-state index in [4.69, 9.17) is 9.84 Å². The predicted molar refractivity (Wildman–Crippen MR) is 89.0 cm³/mol. The Hall–Kier alpha value is -4.22. The SMILES string of the molecule is O=C(COc1ccc([N+](=O)[O-])cc1[N+](=O)[O-])NNC(=O)c1ccc(O)cc1. The number of nitro groups is 2. The van der Waals surface area contributed by atoms with Crippen LogP contribution in [0.25, 0.3) is 0 Å². The number of hydrogen-bond donors (Lipinski definition) is 3. The van der Waals surface area contributed by atoms with Crippen LogP contribution in [0.15, 0.2) is 42.5 Å². The number of benzene rings is 2. The van der Waals surface area contributed by atoms with Crippen molar-refractivity contribution in [2.24, 2.45) is 0 Å². The van der Waals surface area contributed by atoms with Gasteiger partial charge in [0.05, 0.1) is 15.9 Å². The van der Waals surface area contributed by atoms with Gasteiger partial charge in [0.25, 0.3) is 17.5 Å². The Kier molecular flexibility index (Phi) is 5.83. The molecule has 0 atom stereocenters. The molecule has 0 aliphatic rings. The number of nitrogens with zero attached hydrogens (tertiary/aromatic N) is 2. The van der Waals surface area contributed by atoms with Crippen molar-refractivity contribution in [3.63, 3.8) is 0 Å². The first-order valence-corrected chi connectivity index (χ1v) is 7.22. The molecule has 2 rings (SSSR count). The number of non-ortho nitro benzene ring substituents is 1. The maximum absolute atomic E-state index is 11.8. The van der Waals surface area contributed by atoms with Gasteiger partial charge in [-0.05, 0) is 30.3 Å². The van der Waals surface area contributed by atoms with E-state index in [1.165, 1.54) is 24.3 Å². The molecule has 0 radical (unpaired) electrons. The zero-order chi connectivity index (χ0) is 20.0. The van der Waals surface area contributed by atoms with Crippen molar-refractivity contribution in [2.45, 2.75) is 0 Å². The highest BCUT2D eigenvalue weighted by atomic mass is 16.6. The highest BCUT2D eigenvalue weighted by Gasteiger charge is 2.21. The maximum atomic E-state index is 11.8. The van der Waals surface area contributed by atoms with Crippen LogP contribution in [-0.2, 0) is 4.79 Å². The number of ether oxygens (including phenoxy) is 1. The second-order valence-corrected chi connectivity index (χ2v) is 5.00. The molecule has 2 aromatic carbocycles. The van der Waals surface area contributed by atoms with E-state index in [0.29, 0.717) is 6.07 Å². The number of rotatable bonds is 6. The zero-order valence-electron chi connectivity index (χ0n) is 13.4. The molecule has 0 aromatic heterocycles. The summed E-state index contributed by atoms with van der Waals surface area (Å²) in [5.41, 5.74) is 3.12. The summed E-state index contributed by atoms with van der Waals surface area (Å²) in [4.78, 5) is 43.4. The van der Waals surface area contributed by atoms with E-state index < -0.39 is 39.6 Å². The van der Waals surface area contributed by atoms with Gasteiger partial charge in [-0.2, -0.15) is 0 Å². The van der Waals surface area contributed by atoms with Crippen molar-refractivity contribution in [3.8, 4) is 11.5 Å².